The highest BCUT2D eigenvalue weighted by Gasteiger charge is 2.01. The molecule has 0 nitrogen and oxygen atoms in total. The van der Waals surface area contributed by atoms with E-state index in [1.165, 1.54) is 38.5 Å². The van der Waals surface area contributed by atoms with Gasteiger partial charge >= 0.3 is 0 Å². The summed E-state index contributed by atoms with van der Waals surface area (Å²) >= 11 is 0. The quantitative estimate of drug-likeness (QED) is 0.526. The molecular weight excluding hydrogens is 156 g/mol. The fraction of sp³-hybridized carbons (Fsp3) is 0.692. The van der Waals surface area contributed by atoms with Crippen molar-refractivity contribution in [2.24, 2.45) is 5.92 Å². The normalized spacial score (nSPS) is 17.5. The van der Waals surface area contributed by atoms with Crippen LogP contribution in [0.3, 0.4) is 0 Å². The van der Waals surface area contributed by atoms with Crippen molar-refractivity contribution < 1.29 is 0 Å². The van der Waals surface area contributed by atoms with Crippen molar-refractivity contribution in [3.8, 4) is 0 Å². The molecule has 0 saturated heterocycles. The molecule has 74 valence electrons. The average Bonchev–Trinajstić information content (AvgIpc) is 2.64. The van der Waals surface area contributed by atoms with E-state index >= 15 is 0 Å². The van der Waals surface area contributed by atoms with E-state index in [-0.39, 0.29) is 0 Å². The van der Waals surface area contributed by atoms with Gasteiger partial charge in [0.25, 0.3) is 0 Å². The van der Waals surface area contributed by atoms with E-state index in [0.717, 1.165) is 5.92 Å². The highest BCUT2D eigenvalue weighted by molar-refractivity contribution is 5.22. The van der Waals surface area contributed by atoms with Crippen LogP contribution in [-0.4, -0.2) is 0 Å². The highest BCUT2D eigenvalue weighted by atomic mass is 14.1. The molecule has 1 atom stereocenters. The Bertz CT molecular complexity index is 186. The topological polar surface area (TPSA) is 0 Å². The number of allylic oxidation sites excluding steroid dienone is 4. The molecule has 0 radical (unpaired) electrons. The largest absolute Gasteiger partial charge is 0.0805 e. The Hall–Kier alpha value is -0.520. The van der Waals surface area contributed by atoms with Gasteiger partial charge in [-0.3, -0.25) is 0 Å². The Kier molecular flexibility index (Phi) is 4.88. The summed E-state index contributed by atoms with van der Waals surface area (Å²) in [6.07, 6.45) is 14.8. The van der Waals surface area contributed by atoms with Crippen LogP contribution >= 0.6 is 0 Å². The van der Waals surface area contributed by atoms with Crippen LogP contribution < -0.4 is 0 Å². The molecule has 0 saturated carbocycles. The summed E-state index contributed by atoms with van der Waals surface area (Å²) in [7, 11) is 0. The monoisotopic (exact) mass is 178 g/mol. The second-order valence-electron chi connectivity index (χ2n) is 4.22. The van der Waals surface area contributed by atoms with E-state index in [9.17, 15) is 0 Å². The van der Waals surface area contributed by atoms with Crippen molar-refractivity contribution in [1.82, 2.24) is 0 Å². The van der Waals surface area contributed by atoms with Crippen LogP contribution in [-0.2, 0) is 0 Å². The molecule has 1 rings (SSSR count). The molecular formula is C13H22. The summed E-state index contributed by atoms with van der Waals surface area (Å²) in [4.78, 5) is 0. The summed E-state index contributed by atoms with van der Waals surface area (Å²) in [5, 5.41) is 0. The molecule has 0 heteroatoms. The maximum absolute atomic E-state index is 2.36. The number of rotatable bonds is 6. The molecule has 1 aliphatic carbocycles. The first-order valence-electron chi connectivity index (χ1n) is 5.67. The van der Waals surface area contributed by atoms with Gasteiger partial charge in [0.2, 0.25) is 0 Å². The van der Waals surface area contributed by atoms with Crippen LogP contribution in [0.5, 0.6) is 0 Å². The van der Waals surface area contributed by atoms with Crippen LogP contribution in [0.15, 0.2) is 23.8 Å². The van der Waals surface area contributed by atoms with Gasteiger partial charge in [-0.1, -0.05) is 56.9 Å². The van der Waals surface area contributed by atoms with E-state index < -0.39 is 0 Å². The lowest BCUT2D eigenvalue weighted by molar-refractivity contribution is 0.484. The van der Waals surface area contributed by atoms with Crippen LogP contribution in [0.4, 0.5) is 0 Å². The first-order valence-corrected chi connectivity index (χ1v) is 5.67. The predicted molar refractivity (Wildman–Crippen MR) is 59.8 cm³/mol. The van der Waals surface area contributed by atoms with Crippen LogP contribution in [0, 0.1) is 5.92 Å². The maximum atomic E-state index is 2.36. The van der Waals surface area contributed by atoms with Gasteiger partial charge in [0.1, 0.15) is 0 Å². The number of hydrogen-bond donors (Lipinski definition) is 0. The zero-order chi connectivity index (χ0) is 9.52. The Labute approximate surface area is 82.7 Å². The summed E-state index contributed by atoms with van der Waals surface area (Å²) in [5.74, 6) is 0.927. The van der Waals surface area contributed by atoms with Gasteiger partial charge in [-0.05, 0) is 25.2 Å². The van der Waals surface area contributed by atoms with E-state index in [4.69, 9.17) is 0 Å². The maximum Gasteiger partial charge on any atom is -0.0133 e. The van der Waals surface area contributed by atoms with Gasteiger partial charge in [0, 0.05) is 0 Å². The zero-order valence-corrected chi connectivity index (χ0v) is 9.05. The SMILES string of the molecule is CCC(C)CCCCC1=CC=CC1. The van der Waals surface area contributed by atoms with Crippen LogP contribution in [0.2, 0.25) is 0 Å². The molecule has 0 aromatic heterocycles. The van der Waals surface area contributed by atoms with Crippen molar-refractivity contribution in [3.63, 3.8) is 0 Å². The fourth-order valence-corrected chi connectivity index (χ4v) is 1.73. The number of unbranched alkanes of at least 4 members (excludes halogenated alkanes) is 1. The molecule has 0 fully saturated rings. The molecule has 1 unspecified atom stereocenters. The Morgan fingerprint density at radius 1 is 1.38 bits per heavy atom. The molecule has 1 aliphatic rings. The Balaban J connectivity index is 1.95. The van der Waals surface area contributed by atoms with E-state index in [1.54, 1.807) is 5.57 Å². The molecule has 13 heavy (non-hydrogen) atoms. The molecule has 0 aromatic rings. The standard InChI is InChI=1S/C13H22/c1-3-12(2)8-4-5-9-13-10-6-7-11-13/h6-7,10,12H,3-5,8-9,11H2,1-2H3. The lowest BCUT2D eigenvalue weighted by atomic mass is 9.99. The molecule has 0 amide bonds. The fourth-order valence-electron chi connectivity index (χ4n) is 1.73. The van der Waals surface area contributed by atoms with Crippen LogP contribution in [0.1, 0.15) is 52.4 Å². The Morgan fingerprint density at radius 3 is 2.85 bits per heavy atom. The summed E-state index contributed by atoms with van der Waals surface area (Å²) < 4.78 is 0. The molecule has 0 bridgehead atoms. The van der Waals surface area contributed by atoms with Crippen LogP contribution in [0.25, 0.3) is 0 Å². The first kappa shape index (κ1) is 10.6. The van der Waals surface area contributed by atoms with E-state index in [2.05, 4.69) is 32.1 Å². The third kappa shape index (κ3) is 4.31. The van der Waals surface area contributed by atoms with Crippen molar-refractivity contribution in [2.75, 3.05) is 0 Å². The van der Waals surface area contributed by atoms with Crippen molar-refractivity contribution in [2.45, 2.75) is 52.4 Å². The average molecular weight is 178 g/mol. The van der Waals surface area contributed by atoms with E-state index in [1.807, 2.05) is 0 Å². The summed E-state index contributed by atoms with van der Waals surface area (Å²) in [6.45, 7) is 4.64. The third-order valence-electron chi connectivity index (χ3n) is 2.99. The number of hydrogen-bond acceptors (Lipinski definition) is 0. The minimum absolute atomic E-state index is 0.927. The van der Waals surface area contributed by atoms with Crippen molar-refractivity contribution in [1.29, 1.82) is 0 Å². The molecule has 0 N–H and O–H groups in total. The molecule has 0 spiro atoms. The van der Waals surface area contributed by atoms with E-state index in [0.29, 0.717) is 0 Å². The van der Waals surface area contributed by atoms with Crippen molar-refractivity contribution >= 4 is 0 Å². The molecule has 0 aromatic carbocycles. The minimum atomic E-state index is 0.927. The molecule has 0 aliphatic heterocycles. The van der Waals surface area contributed by atoms with Gasteiger partial charge < -0.3 is 0 Å². The highest BCUT2D eigenvalue weighted by Crippen LogP contribution is 2.19. The smallest absolute Gasteiger partial charge is 0.0133 e. The molecule has 0 heterocycles. The second kappa shape index (κ2) is 6.01. The predicted octanol–water partition coefficient (Wildman–Crippen LogP) is 4.48. The zero-order valence-electron chi connectivity index (χ0n) is 9.05. The second-order valence-corrected chi connectivity index (χ2v) is 4.22. The van der Waals surface area contributed by atoms with Gasteiger partial charge in [0.15, 0.2) is 0 Å². The third-order valence-corrected chi connectivity index (χ3v) is 2.99. The van der Waals surface area contributed by atoms with Gasteiger partial charge in [0.05, 0.1) is 0 Å². The van der Waals surface area contributed by atoms with Crippen molar-refractivity contribution in [3.05, 3.63) is 23.8 Å². The summed E-state index contributed by atoms with van der Waals surface area (Å²) in [6, 6.07) is 0. The first-order chi connectivity index (χ1) is 6.33. The Morgan fingerprint density at radius 2 is 2.23 bits per heavy atom. The lowest BCUT2D eigenvalue weighted by Gasteiger charge is -2.07. The van der Waals surface area contributed by atoms with Gasteiger partial charge in [-0.2, -0.15) is 0 Å². The van der Waals surface area contributed by atoms with Gasteiger partial charge in [-0.25, -0.2) is 0 Å². The lowest BCUT2D eigenvalue weighted by Crippen LogP contribution is -1.91. The summed E-state index contributed by atoms with van der Waals surface area (Å²) in [5.41, 5.74) is 1.63. The van der Waals surface area contributed by atoms with Gasteiger partial charge in [-0.15, -0.1) is 0 Å². The minimum Gasteiger partial charge on any atom is -0.0805 e.